The predicted molar refractivity (Wildman–Crippen MR) is 270 cm³/mol. The van der Waals surface area contributed by atoms with Crippen LogP contribution in [0.2, 0.25) is 0 Å². The van der Waals surface area contributed by atoms with Gasteiger partial charge in [-0.25, -0.2) is 4.98 Å². The molecule has 0 fully saturated rings. The molecule has 0 bridgehead atoms. The first kappa shape index (κ1) is 38.5. The van der Waals surface area contributed by atoms with Crippen LogP contribution in [0.4, 0.5) is 0 Å². The van der Waals surface area contributed by atoms with E-state index in [1.54, 1.807) is 0 Å². The molecule has 0 aliphatic heterocycles. The largest absolute Gasteiger partial charge is 0.456 e. The lowest BCUT2D eigenvalue weighted by atomic mass is 9.82. The highest BCUT2D eigenvalue weighted by Crippen LogP contribution is 2.50. The Hall–Kier alpha value is -8.15. The third-order valence-corrected chi connectivity index (χ3v) is 13.3. The Bertz CT molecular complexity index is 3840. The van der Waals surface area contributed by atoms with Crippen LogP contribution in [-0.4, -0.2) is 19.5 Å². The molecule has 3 aromatic heterocycles. The van der Waals surface area contributed by atoms with E-state index >= 15 is 0 Å². The van der Waals surface area contributed by atoms with Crippen LogP contribution in [0.5, 0.6) is 0 Å². The summed E-state index contributed by atoms with van der Waals surface area (Å²) in [4.78, 5) is 15.9. The van der Waals surface area contributed by atoms with Crippen LogP contribution >= 0.6 is 0 Å². The van der Waals surface area contributed by atoms with Gasteiger partial charge in [-0.15, -0.1) is 0 Å². The van der Waals surface area contributed by atoms with Gasteiger partial charge in [-0.1, -0.05) is 191 Å². The first-order chi connectivity index (χ1) is 32.0. The minimum Gasteiger partial charge on any atom is -0.456 e. The second-order valence-electron chi connectivity index (χ2n) is 17.2. The molecule has 0 radical (unpaired) electrons. The number of hydrogen-bond donors (Lipinski definition) is 0. The Labute approximate surface area is 377 Å². The zero-order chi connectivity index (χ0) is 43.8. The van der Waals surface area contributed by atoms with Gasteiger partial charge in [-0.05, 0) is 74.7 Å². The average molecular weight is 837 g/mol. The summed E-state index contributed by atoms with van der Waals surface area (Å²) in [5.41, 5.74) is 15.4. The molecule has 13 rings (SSSR count). The smallest absolute Gasteiger partial charge is 0.238 e. The van der Waals surface area contributed by atoms with E-state index in [9.17, 15) is 0 Å². The van der Waals surface area contributed by atoms with Crippen molar-refractivity contribution < 1.29 is 4.42 Å². The first-order valence-corrected chi connectivity index (χ1v) is 22.5. The van der Waals surface area contributed by atoms with Gasteiger partial charge in [0.2, 0.25) is 5.95 Å². The van der Waals surface area contributed by atoms with E-state index < -0.39 is 0 Å². The van der Waals surface area contributed by atoms with Crippen molar-refractivity contribution in [3.8, 4) is 62.1 Å². The third kappa shape index (κ3) is 6.03. The molecule has 9 aromatic carbocycles. The van der Waals surface area contributed by atoms with Gasteiger partial charge in [-0.3, -0.25) is 4.57 Å². The minimum atomic E-state index is -0.0466. The topological polar surface area (TPSA) is 56.7 Å². The van der Waals surface area contributed by atoms with Gasteiger partial charge >= 0.3 is 0 Å². The summed E-state index contributed by atoms with van der Waals surface area (Å²) in [6, 6.07) is 69.1. The lowest BCUT2D eigenvalue weighted by Crippen LogP contribution is -2.14. The summed E-state index contributed by atoms with van der Waals surface area (Å²) >= 11 is 0. The molecule has 5 heteroatoms. The number of para-hydroxylation sites is 2. The maximum absolute atomic E-state index is 6.37. The molecule has 5 nitrogen and oxygen atoms in total. The third-order valence-electron chi connectivity index (χ3n) is 13.3. The fourth-order valence-electron chi connectivity index (χ4n) is 10.2. The van der Waals surface area contributed by atoms with Gasteiger partial charge in [0.25, 0.3) is 0 Å². The highest BCUT2D eigenvalue weighted by molar-refractivity contribution is 6.21. The van der Waals surface area contributed by atoms with Crippen molar-refractivity contribution in [2.75, 3.05) is 0 Å². The zero-order valence-corrected chi connectivity index (χ0v) is 36.7. The van der Waals surface area contributed by atoms with E-state index in [-0.39, 0.29) is 5.41 Å². The molecule has 0 saturated carbocycles. The monoisotopic (exact) mass is 836 g/mol. The molecule has 0 unspecified atom stereocenters. The van der Waals surface area contributed by atoms with Gasteiger partial charge in [-0.2, -0.15) is 9.97 Å². The Morgan fingerprint density at radius 3 is 1.86 bits per heavy atom. The molecule has 0 N–H and O–H groups in total. The molecule has 0 amide bonds. The molecule has 0 atom stereocenters. The Morgan fingerprint density at radius 2 is 0.985 bits per heavy atom. The summed E-state index contributed by atoms with van der Waals surface area (Å²) in [5.74, 6) is 1.71. The number of nitrogens with zero attached hydrogens (tertiary/aromatic N) is 4. The quantitative estimate of drug-likeness (QED) is 0.173. The number of benzene rings is 9. The second kappa shape index (κ2) is 15.0. The summed E-state index contributed by atoms with van der Waals surface area (Å²) < 4.78 is 8.65. The minimum absolute atomic E-state index is 0.0466. The second-order valence-corrected chi connectivity index (χ2v) is 17.2. The summed E-state index contributed by atoms with van der Waals surface area (Å²) in [5, 5.41) is 6.67. The highest BCUT2D eigenvalue weighted by Gasteiger charge is 2.35. The van der Waals surface area contributed by atoms with Crippen molar-refractivity contribution >= 4 is 54.5 Å². The van der Waals surface area contributed by atoms with Crippen LogP contribution in [0.3, 0.4) is 0 Å². The van der Waals surface area contributed by atoms with Gasteiger partial charge in [0.15, 0.2) is 11.6 Å². The number of furan rings is 1. The molecule has 1 aliphatic carbocycles. The average Bonchev–Trinajstić information content (AvgIpc) is 4.00. The normalized spacial score (nSPS) is 12.7. The summed E-state index contributed by atoms with van der Waals surface area (Å²) in [6.07, 6.45) is 0. The molecule has 12 aromatic rings. The van der Waals surface area contributed by atoms with Crippen molar-refractivity contribution in [1.29, 1.82) is 0 Å². The lowest BCUT2D eigenvalue weighted by molar-refractivity contribution is 0.660. The molecule has 0 spiro atoms. The van der Waals surface area contributed by atoms with E-state index in [0.717, 1.165) is 82.3 Å². The van der Waals surface area contributed by atoms with Crippen molar-refractivity contribution in [1.82, 2.24) is 19.5 Å². The van der Waals surface area contributed by atoms with Crippen LogP contribution in [-0.2, 0) is 5.41 Å². The molecule has 3 heterocycles. The predicted octanol–water partition coefficient (Wildman–Crippen LogP) is 16.0. The van der Waals surface area contributed by atoms with Gasteiger partial charge in [0.05, 0.1) is 11.0 Å². The van der Waals surface area contributed by atoms with Gasteiger partial charge in [0.1, 0.15) is 11.2 Å². The maximum atomic E-state index is 6.37. The van der Waals surface area contributed by atoms with Crippen molar-refractivity contribution in [2.45, 2.75) is 33.1 Å². The van der Waals surface area contributed by atoms with Crippen LogP contribution in [0.1, 0.15) is 38.8 Å². The van der Waals surface area contributed by atoms with E-state index in [1.807, 2.05) is 50.2 Å². The summed E-state index contributed by atoms with van der Waals surface area (Å²) in [6.45, 7) is 8.66. The Kier molecular flexibility index (Phi) is 8.89. The van der Waals surface area contributed by atoms with E-state index in [0.29, 0.717) is 17.6 Å². The molecule has 0 saturated heterocycles. The molecule has 1 aliphatic rings. The SMILES string of the molecule is CC.CC1(C)c2ccccc2-c2cc(-c3cccc(-c4cccc5c6ccc7ccccc7c6n(-c6nc(-c7ccccc7)nc(-c7ccc8c(c7)oc7ccccc78)n6)c45)c3)ccc21. The molecular weight excluding hydrogens is 793 g/mol. The first-order valence-electron chi connectivity index (χ1n) is 22.5. The standard InChI is InChI=1S/C58H38N4O.C2H6/c1-58(2)49-24-10-8-20-43(49)48-33-38(28-31-50(48)58)37-17-12-18-39(32-37)42-22-13-23-46-47-30-26-35-14-6-7-19-41(35)53(47)62(54(42)46)57-60-55(36-15-4-3-5-16-36)59-56(61-57)40-27-29-45-44-21-9-11-25-51(44)63-52(45)34-40;1-2/h3-34H,1-2H3;1-2H3. The van der Waals surface area contributed by atoms with Crippen LogP contribution in [0.25, 0.3) is 117 Å². The van der Waals surface area contributed by atoms with Crippen LogP contribution < -0.4 is 0 Å². The maximum Gasteiger partial charge on any atom is 0.238 e. The molecule has 65 heavy (non-hydrogen) atoms. The van der Waals surface area contributed by atoms with Crippen molar-refractivity contribution in [3.63, 3.8) is 0 Å². The highest BCUT2D eigenvalue weighted by atomic mass is 16.3. The van der Waals surface area contributed by atoms with Gasteiger partial charge in [0, 0.05) is 49.0 Å². The van der Waals surface area contributed by atoms with Gasteiger partial charge < -0.3 is 4.42 Å². The number of aromatic nitrogens is 4. The van der Waals surface area contributed by atoms with E-state index in [4.69, 9.17) is 19.4 Å². The number of hydrogen-bond acceptors (Lipinski definition) is 4. The van der Waals surface area contributed by atoms with E-state index in [2.05, 4.69) is 176 Å². The fraction of sp³-hybridized carbons (Fsp3) is 0.0833. The summed E-state index contributed by atoms with van der Waals surface area (Å²) in [7, 11) is 0. The van der Waals surface area contributed by atoms with Crippen LogP contribution in [0.15, 0.2) is 199 Å². The Morgan fingerprint density at radius 1 is 0.385 bits per heavy atom. The molecule has 310 valence electrons. The lowest BCUT2D eigenvalue weighted by Gasteiger charge is -2.21. The zero-order valence-electron chi connectivity index (χ0n) is 36.7. The molecular formula is C60H44N4O. The number of fused-ring (bicyclic) bond motifs is 11. The van der Waals surface area contributed by atoms with Crippen molar-refractivity contribution in [3.05, 3.63) is 205 Å². The van der Waals surface area contributed by atoms with Crippen molar-refractivity contribution in [2.24, 2.45) is 0 Å². The van der Waals surface area contributed by atoms with E-state index in [1.165, 1.54) is 27.8 Å². The fourth-order valence-corrected chi connectivity index (χ4v) is 10.2. The Balaban J connectivity index is 0.00000219. The van der Waals surface area contributed by atoms with Crippen LogP contribution in [0, 0.1) is 0 Å². The number of rotatable bonds is 5.